The maximum atomic E-state index is 13.4. The van der Waals surface area contributed by atoms with Gasteiger partial charge in [0.05, 0.1) is 0 Å². The average Bonchev–Trinajstić information content (AvgIpc) is 3.40. The Balaban J connectivity index is 1.22. The van der Waals surface area contributed by atoms with Crippen molar-refractivity contribution in [3.05, 3.63) is 11.6 Å². The second-order valence-corrected chi connectivity index (χ2v) is 22.9. The number of nitrogens with two attached hydrogens (primary N) is 2. The lowest BCUT2D eigenvalue weighted by molar-refractivity contribution is -0.131. The summed E-state index contributed by atoms with van der Waals surface area (Å²) in [7, 11) is 4.03. The van der Waals surface area contributed by atoms with Crippen molar-refractivity contribution >= 4 is 27.5 Å². The van der Waals surface area contributed by atoms with Gasteiger partial charge in [-0.3, -0.25) is 4.79 Å². The fraction of sp³-hybridized carbons (Fsp3) is 0.932. The minimum absolute atomic E-state index is 0.126. The fourth-order valence-electron chi connectivity index (χ4n) is 11.0. The minimum atomic E-state index is -0.259. The molecule has 1 unspecified atom stereocenters. The number of carbonyl (C=O) groups excluding carboxylic acids is 1. The highest BCUT2D eigenvalue weighted by atomic mass is 33.1. The molecule has 1 amide bonds. The van der Waals surface area contributed by atoms with Crippen molar-refractivity contribution in [2.75, 3.05) is 31.9 Å². The van der Waals surface area contributed by atoms with Gasteiger partial charge in [0.2, 0.25) is 5.91 Å². The number of hydrogen-bond donors (Lipinski definition) is 3. The molecule has 0 bridgehead atoms. The zero-order valence-electron chi connectivity index (χ0n) is 34.8. The molecular weight excluding hydrogens is 665 g/mol. The largest absolute Gasteiger partial charge is 0.343 e. The second-order valence-electron chi connectivity index (χ2n) is 20.1. The van der Waals surface area contributed by atoms with Crippen LogP contribution < -0.4 is 16.8 Å². The number of fused-ring (bicyclic) bond motifs is 5. The second kappa shape index (κ2) is 19.1. The molecule has 0 aliphatic heterocycles. The SMILES string of the molecule is CC(C)CCC[C@@H](C)[C@H]1CC[C@H]2[C@@H]3CC=C4C[C@@H](SSCCC(=O)N(CCCCNCCC(C)(C)N)CCC(C)(C)N)CC[C@]4(C)C3CC[C@]12C. The van der Waals surface area contributed by atoms with E-state index in [1.165, 1.54) is 70.6 Å². The number of nitrogens with one attached hydrogen (secondary N) is 1. The van der Waals surface area contributed by atoms with Crippen molar-refractivity contribution in [2.24, 2.45) is 57.8 Å². The van der Waals surface area contributed by atoms with Crippen LogP contribution >= 0.6 is 21.6 Å². The summed E-state index contributed by atoms with van der Waals surface area (Å²) < 4.78 is 0. The predicted octanol–water partition coefficient (Wildman–Crippen LogP) is 10.6. The van der Waals surface area contributed by atoms with E-state index < -0.39 is 0 Å². The van der Waals surface area contributed by atoms with Gasteiger partial charge in [-0.15, -0.1) is 0 Å². The fourth-order valence-corrected chi connectivity index (χ4v) is 13.7. The standard InChI is InChI=1S/C44H82N4OS2/c1-32(2)13-12-14-33(3)37-17-18-38-36-16-15-34-31-35(19-22-43(34,8)39(36)20-23-44(37,38)9)51-50-30-21-40(49)48(29-25-42(6,7)46)28-11-10-26-47-27-24-41(4,5)45/h15,32-33,35-39,47H,10-14,16-31,45-46H2,1-9H3/t33-,35+,36+,37-,38+,39?,43+,44-/m1/s1. The Morgan fingerprint density at radius 2 is 1.67 bits per heavy atom. The first-order valence-electron chi connectivity index (χ1n) is 21.5. The lowest BCUT2D eigenvalue weighted by Gasteiger charge is -2.58. The van der Waals surface area contributed by atoms with E-state index in [9.17, 15) is 4.79 Å². The summed E-state index contributed by atoms with van der Waals surface area (Å²) in [6, 6.07) is 0. The molecule has 51 heavy (non-hydrogen) atoms. The van der Waals surface area contributed by atoms with Gasteiger partial charge in [0, 0.05) is 41.6 Å². The van der Waals surface area contributed by atoms with Crippen molar-refractivity contribution in [1.29, 1.82) is 0 Å². The lowest BCUT2D eigenvalue weighted by Crippen LogP contribution is -2.50. The predicted molar refractivity (Wildman–Crippen MR) is 226 cm³/mol. The molecule has 296 valence electrons. The molecule has 0 spiro atoms. The summed E-state index contributed by atoms with van der Waals surface area (Å²) in [5, 5.41) is 4.20. The molecule has 5 nitrogen and oxygen atoms in total. The van der Waals surface area contributed by atoms with Gasteiger partial charge < -0.3 is 21.7 Å². The highest BCUT2D eigenvalue weighted by Crippen LogP contribution is 2.67. The van der Waals surface area contributed by atoms with Crippen molar-refractivity contribution < 1.29 is 4.79 Å². The molecule has 4 aliphatic rings. The molecule has 0 saturated heterocycles. The first-order valence-corrected chi connectivity index (χ1v) is 23.9. The molecule has 7 heteroatoms. The average molecular weight is 747 g/mol. The highest BCUT2D eigenvalue weighted by Gasteiger charge is 2.59. The van der Waals surface area contributed by atoms with E-state index in [1.54, 1.807) is 5.57 Å². The maximum absolute atomic E-state index is 13.4. The molecule has 0 radical (unpaired) electrons. The third-order valence-electron chi connectivity index (χ3n) is 14.2. The molecule has 3 fully saturated rings. The minimum Gasteiger partial charge on any atom is -0.343 e. The van der Waals surface area contributed by atoms with E-state index in [2.05, 4.69) is 89.4 Å². The first-order chi connectivity index (χ1) is 23.9. The Kier molecular flexibility index (Phi) is 16.3. The summed E-state index contributed by atoms with van der Waals surface area (Å²) in [5.74, 6) is 6.58. The molecule has 0 aromatic rings. The molecule has 4 aliphatic carbocycles. The van der Waals surface area contributed by atoms with Gasteiger partial charge in [0.1, 0.15) is 0 Å². The van der Waals surface area contributed by atoms with Crippen molar-refractivity contribution in [1.82, 2.24) is 10.2 Å². The van der Waals surface area contributed by atoms with Crippen LogP contribution in [0.2, 0.25) is 0 Å². The molecule has 0 heterocycles. The van der Waals surface area contributed by atoms with Crippen LogP contribution in [0.3, 0.4) is 0 Å². The van der Waals surface area contributed by atoms with Gasteiger partial charge in [0.25, 0.3) is 0 Å². The van der Waals surface area contributed by atoms with Crippen LogP contribution in [0, 0.1) is 46.3 Å². The molecule has 0 aromatic heterocycles. The third-order valence-corrected chi connectivity index (χ3v) is 17.1. The Morgan fingerprint density at radius 3 is 2.37 bits per heavy atom. The molecule has 5 N–H and O–H groups in total. The van der Waals surface area contributed by atoms with E-state index in [4.69, 9.17) is 11.5 Å². The van der Waals surface area contributed by atoms with Crippen LogP contribution in [0.25, 0.3) is 0 Å². The van der Waals surface area contributed by atoms with Crippen LogP contribution in [-0.4, -0.2) is 59.1 Å². The topological polar surface area (TPSA) is 84.4 Å². The number of rotatable bonds is 21. The van der Waals surface area contributed by atoms with Gasteiger partial charge in [-0.2, -0.15) is 0 Å². The number of amides is 1. The van der Waals surface area contributed by atoms with Gasteiger partial charge in [-0.05, 0) is 164 Å². The number of unbranched alkanes of at least 4 members (excludes halogenated alkanes) is 1. The van der Waals surface area contributed by atoms with Gasteiger partial charge in [-0.1, -0.05) is 87.1 Å². The monoisotopic (exact) mass is 747 g/mol. The van der Waals surface area contributed by atoms with Gasteiger partial charge >= 0.3 is 0 Å². The number of hydrogen-bond acceptors (Lipinski definition) is 6. The highest BCUT2D eigenvalue weighted by molar-refractivity contribution is 8.76. The zero-order chi connectivity index (χ0) is 37.5. The Bertz CT molecular complexity index is 1110. The molecule has 8 atom stereocenters. The van der Waals surface area contributed by atoms with Crippen LogP contribution in [-0.2, 0) is 4.79 Å². The smallest absolute Gasteiger partial charge is 0.223 e. The van der Waals surface area contributed by atoms with Crippen LogP contribution in [0.5, 0.6) is 0 Å². The van der Waals surface area contributed by atoms with Crippen molar-refractivity contribution in [2.45, 2.75) is 181 Å². The molecule has 4 rings (SSSR count). The summed E-state index contributed by atoms with van der Waals surface area (Å²) in [4.78, 5) is 15.5. The van der Waals surface area contributed by atoms with Crippen molar-refractivity contribution in [3.8, 4) is 0 Å². The first kappa shape index (κ1) is 43.5. The summed E-state index contributed by atoms with van der Waals surface area (Å²) >= 11 is 0. The Labute approximate surface area is 324 Å². The third kappa shape index (κ3) is 12.4. The van der Waals surface area contributed by atoms with Gasteiger partial charge in [-0.25, -0.2) is 0 Å². The van der Waals surface area contributed by atoms with E-state index in [0.29, 0.717) is 28.4 Å². The van der Waals surface area contributed by atoms with Crippen LogP contribution in [0.15, 0.2) is 11.6 Å². The molecular formula is C44H82N4OS2. The van der Waals surface area contributed by atoms with E-state index >= 15 is 0 Å². The Morgan fingerprint density at radius 1 is 0.922 bits per heavy atom. The normalized spacial score (nSPS) is 31.5. The summed E-state index contributed by atoms with van der Waals surface area (Å²) in [6.07, 6.45) is 22.7. The van der Waals surface area contributed by atoms with E-state index in [0.717, 1.165) is 93.1 Å². The Hall–Kier alpha value is -0.210. The van der Waals surface area contributed by atoms with Crippen molar-refractivity contribution in [3.63, 3.8) is 0 Å². The lowest BCUT2D eigenvalue weighted by atomic mass is 9.47. The summed E-state index contributed by atoms with van der Waals surface area (Å²) in [5.41, 5.74) is 14.8. The number of nitrogens with zero attached hydrogens (tertiary/aromatic N) is 1. The quantitative estimate of drug-likeness (QED) is 0.0616. The number of carbonyl (C=O) groups is 1. The van der Waals surface area contributed by atoms with Crippen LogP contribution in [0.1, 0.15) is 165 Å². The van der Waals surface area contributed by atoms with Gasteiger partial charge in [0.15, 0.2) is 0 Å². The van der Waals surface area contributed by atoms with Crippen LogP contribution in [0.4, 0.5) is 0 Å². The maximum Gasteiger partial charge on any atom is 0.223 e. The van der Waals surface area contributed by atoms with E-state index in [-0.39, 0.29) is 11.1 Å². The van der Waals surface area contributed by atoms with E-state index in [1.807, 2.05) is 10.8 Å². The zero-order valence-corrected chi connectivity index (χ0v) is 36.4. The molecule has 0 aromatic carbocycles. The molecule has 3 saturated carbocycles. The number of allylic oxidation sites excluding steroid dienone is 2. The summed E-state index contributed by atoms with van der Waals surface area (Å²) in [6.45, 7) is 24.5.